The topological polar surface area (TPSA) is 134 Å². The van der Waals surface area contributed by atoms with Gasteiger partial charge in [-0.2, -0.15) is 5.26 Å². The van der Waals surface area contributed by atoms with Gasteiger partial charge >= 0.3 is 0 Å². The van der Waals surface area contributed by atoms with Crippen LogP contribution in [0.15, 0.2) is 98.3 Å². The molecule has 0 fully saturated rings. The molecule has 0 spiro atoms. The number of nitriles is 1. The lowest BCUT2D eigenvalue weighted by atomic mass is 9.98. The highest BCUT2D eigenvalue weighted by atomic mass is 32.2. The third-order valence-corrected chi connectivity index (χ3v) is 6.32. The van der Waals surface area contributed by atoms with Crippen LogP contribution in [0.1, 0.15) is 17.0 Å². The third kappa shape index (κ3) is 5.03. The molecule has 1 N–H and O–H groups in total. The Morgan fingerprint density at radius 1 is 1.08 bits per heavy atom. The van der Waals surface area contributed by atoms with Crippen LogP contribution in [0.3, 0.4) is 0 Å². The molecule has 5 aromatic rings. The fourth-order valence-corrected chi connectivity index (χ4v) is 4.57. The number of nitrogens with one attached hydrogen (secondary N) is 1. The van der Waals surface area contributed by atoms with E-state index in [1.54, 1.807) is 19.1 Å². The number of hydrogen-bond donors (Lipinski definition) is 1. The van der Waals surface area contributed by atoms with E-state index in [-0.39, 0.29) is 17.1 Å². The van der Waals surface area contributed by atoms with E-state index in [2.05, 4.69) is 26.2 Å². The number of furan rings is 1. The average molecular weight is 507 g/mol. The molecular formula is C27H18N6O3S. The van der Waals surface area contributed by atoms with Crippen LogP contribution in [-0.4, -0.2) is 26.3 Å². The molecule has 5 rings (SSSR count). The molecule has 10 heteroatoms. The van der Waals surface area contributed by atoms with Gasteiger partial charge in [-0.15, -0.1) is 5.10 Å². The predicted octanol–water partition coefficient (Wildman–Crippen LogP) is 6.72. The Hall–Kier alpha value is -5.01. The number of aromatic nitrogens is 3. The van der Waals surface area contributed by atoms with Crippen LogP contribution in [0.2, 0.25) is 0 Å². The van der Waals surface area contributed by atoms with Gasteiger partial charge in [0.25, 0.3) is 5.69 Å². The van der Waals surface area contributed by atoms with E-state index in [0.717, 1.165) is 22.9 Å². The Balaban J connectivity index is 1.54. The second-order valence-corrected chi connectivity index (χ2v) is 8.89. The third-order valence-electron chi connectivity index (χ3n) is 5.39. The Kier molecular flexibility index (Phi) is 6.61. The highest BCUT2D eigenvalue weighted by Crippen LogP contribution is 2.42. The molecule has 0 radical (unpaired) electrons. The smallest absolute Gasteiger partial charge is 0.283 e. The van der Waals surface area contributed by atoms with E-state index >= 15 is 0 Å². The molecular weight excluding hydrogens is 488 g/mol. The zero-order chi connectivity index (χ0) is 25.8. The van der Waals surface area contributed by atoms with Gasteiger partial charge in [0.1, 0.15) is 23.2 Å². The second kappa shape index (κ2) is 10.3. The summed E-state index contributed by atoms with van der Waals surface area (Å²) in [6, 6.07) is 25.9. The van der Waals surface area contributed by atoms with E-state index in [9.17, 15) is 15.4 Å². The maximum Gasteiger partial charge on any atom is 0.283 e. The number of nitrogens with zero attached hydrogens (tertiary/aromatic N) is 5. The average Bonchev–Trinajstić information content (AvgIpc) is 3.51. The summed E-state index contributed by atoms with van der Waals surface area (Å²) in [5.41, 5.74) is 2.92. The first-order valence-corrected chi connectivity index (χ1v) is 11.9. The number of benzene rings is 3. The van der Waals surface area contributed by atoms with Gasteiger partial charge in [-0.05, 0) is 35.9 Å². The van der Waals surface area contributed by atoms with Gasteiger partial charge in [-0.3, -0.25) is 15.2 Å². The molecule has 0 unspecified atom stereocenters. The standard InChI is InChI=1S/C27H18N6O3S/c1-17-30-27(32-31-17)37-23-13-12-18(14-22(23)33(34)35)16-29-26-21(15-28)24(19-8-4-2-5-9-19)25(36-26)20-10-6-3-7-11-20/h2-14,16H,1H3,(H,30,31,32). The Morgan fingerprint density at radius 2 is 1.78 bits per heavy atom. The van der Waals surface area contributed by atoms with Gasteiger partial charge in [-0.25, -0.2) is 9.98 Å². The van der Waals surface area contributed by atoms with Gasteiger partial charge in [0.2, 0.25) is 11.0 Å². The Bertz CT molecular complexity index is 1650. The molecule has 0 atom stereocenters. The Labute approximate surface area is 215 Å². The molecule has 0 aliphatic heterocycles. The lowest BCUT2D eigenvalue weighted by molar-refractivity contribution is -0.387. The lowest BCUT2D eigenvalue weighted by Gasteiger charge is -2.03. The van der Waals surface area contributed by atoms with Crippen molar-refractivity contribution in [1.29, 1.82) is 5.26 Å². The minimum Gasteiger partial charge on any atom is -0.436 e. The zero-order valence-corrected chi connectivity index (χ0v) is 20.3. The second-order valence-electron chi connectivity index (χ2n) is 7.88. The molecule has 0 aliphatic carbocycles. The summed E-state index contributed by atoms with van der Waals surface area (Å²) in [6.07, 6.45) is 1.45. The lowest BCUT2D eigenvalue weighted by Crippen LogP contribution is -1.93. The molecule has 0 bridgehead atoms. The molecule has 0 aliphatic rings. The van der Waals surface area contributed by atoms with Gasteiger partial charge in [0.05, 0.1) is 9.82 Å². The van der Waals surface area contributed by atoms with Crippen LogP contribution in [-0.2, 0) is 0 Å². The maximum atomic E-state index is 11.7. The predicted molar refractivity (Wildman–Crippen MR) is 140 cm³/mol. The summed E-state index contributed by atoms with van der Waals surface area (Å²) in [5.74, 6) is 1.26. The molecule has 0 amide bonds. The molecule has 180 valence electrons. The fourth-order valence-electron chi connectivity index (χ4n) is 3.73. The van der Waals surface area contributed by atoms with Crippen molar-refractivity contribution in [2.24, 2.45) is 4.99 Å². The van der Waals surface area contributed by atoms with E-state index in [4.69, 9.17) is 4.42 Å². The summed E-state index contributed by atoms with van der Waals surface area (Å²) in [7, 11) is 0. The number of aryl methyl sites for hydroxylation is 1. The summed E-state index contributed by atoms with van der Waals surface area (Å²) in [5, 5.41) is 28.9. The summed E-state index contributed by atoms with van der Waals surface area (Å²) >= 11 is 1.09. The van der Waals surface area contributed by atoms with Crippen LogP contribution in [0.4, 0.5) is 11.6 Å². The van der Waals surface area contributed by atoms with E-state index < -0.39 is 4.92 Å². The minimum atomic E-state index is -0.464. The SMILES string of the molecule is Cc1nc(Sc2ccc(C=Nc3oc(-c4ccccc4)c(-c4ccccc4)c3C#N)cc2[N+](=O)[O-])n[nH]1. The number of aliphatic imine (C=N–C) groups is 1. The summed E-state index contributed by atoms with van der Waals surface area (Å²) in [4.78, 5) is 20.3. The highest BCUT2D eigenvalue weighted by molar-refractivity contribution is 7.99. The van der Waals surface area contributed by atoms with Crippen molar-refractivity contribution >= 4 is 29.5 Å². The van der Waals surface area contributed by atoms with Crippen LogP contribution >= 0.6 is 11.8 Å². The minimum absolute atomic E-state index is 0.105. The largest absolute Gasteiger partial charge is 0.436 e. The van der Waals surface area contributed by atoms with E-state index in [0.29, 0.717) is 32.8 Å². The van der Waals surface area contributed by atoms with Crippen molar-refractivity contribution in [2.75, 3.05) is 0 Å². The first-order chi connectivity index (χ1) is 18.0. The zero-order valence-electron chi connectivity index (χ0n) is 19.5. The number of rotatable bonds is 7. The molecule has 37 heavy (non-hydrogen) atoms. The maximum absolute atomic E-state index is 11.7. The molecule has 0 saturated carbocycles. The van der Waals surface area contributed by atoms with Gasteiger partial charge in [0, 0.05) is 23.4 Å². The summed E-state index contributed by atoms with van der Waals surface area (Å²) in [6.45, 7) is 1.75. The van der Waals surface area contributed by atoms with Crippen LogP contribution < -0.4 is 0 Å². The number of nitro benzene ring substituents is 1. The van der Waals surface area contributed by atoms with Crippen LogP contribution in [0.5, 0.6) is 0 Å². The molecule has 9 nitrogen and oxygen atoms in total. The van der Waals surface area contributed by atoms with E-state index in [1.807, 2.05) is 60.7 Å². The van der Waals surface area contributed by atoms with E-state index in [1.165, 1.54) is 12.3 Å². The van der Waals surface area contributed by atoms with Crippen LogP contribution in [0.25, 0.3) is 22.5 Å². The number of nitro groups is 1. The number of aromatic amines is 1. The number of H-pyrrole nitrogens is 1. The van der Waals surface area contributed by atoms with Crippen molar-refractivity contribution in [3.05, 3.63) is 106 Å². The first kappa shape index (κ1) is 23.7. The normalized spacial score (nSPS) is 11.0. The first-order valence-electron chi connectivity index (χ1n) is 11.1. The molecule has 3 aromatic carbocycles. The van der Waals surface area contributed by atoms with Crippen molar-refractivity contribution in [3.8, 4) is 28.5 Å². The van der Waals surface area contributed by atoms with Crippen LogP contribution in [0, 0.1) is 28.4 Å². The monoisotopic (exact) mass is 506 g/mol. The number of hydrogen-bond acceptors (Lipinski definition) is 8. The molecule has 2 heterocycles. The summed E-state index contributed by atoms with van der Waals surface area (Å²) < 4.78 is 6.10. The van der Waals surface area contributed by atoms with Gasteiger partial charge in [-0.1, -0.05) is 66.7 Å². The Morgan fingerprint density at radius 3 is 2.41 bits per heavy atom. The van der Waals surface area contributed by atoms with Gasteiger partial charge in [0.15, 0.2) is 0 Å². The van der Waals surface area contributed by atoms with Crippen molar-refractivity contribution in [3.63, 3.8) is 0 Å². The van der Waals surface area contributed by atoms with Gasteiger partial charge < -0.3 is 4.42 Å². The fraction of sp³-hybridized carbons (Fsp3) is 0.0370. The molecule has 2 aromatic heterocycles. The molecule has 0 saturated heterocycles. The highest BCUT2D eigenvalue weighted by Gasteiger charge is 2.23. The van der Waals surface area contributed by atoms with Crippen molar-refractivity contribution in [1.82, 2.24) is 15.2 Å². The van der Waals surface area contributed by atoms with Crippen molar-refractivity contribution < 1.29 is 9.34 Å². The quantitative estimate of drug-likeness (QED) is 0.147. The van der Waals surface area contributed by atoms with Crippen molar-refractivity contribution in [2.45, 2.75) is 17.0 Å².